The number of benzene rings is 1. The number of nitrogens with one attached hydrogen (secondary N) is 1. The minimum Gasteiger partial charge on any atom is -0.372 e. The molecule has 1 aromatic heterocycles. The largest absolute Gasteiger partial charge is 0.372 e. The van der Waals surface area contributed by atoms with Crippen molar-refractivity contribution in [1.82, 2.24) is 15.1 Å². The van der Waals surface area contributed by atoms with Crippen LogP contribution in [-0.2, 0) is 7.05 Å². The Morgan fingerprint density at radius 1 is 1.32 bits per heavy atom. The van der Waals surface area contributed by atoms with E-state index in [1.165, 1.54) is 18.5 Å². The molecule has 3 rings (SSSR count). The van der Waals surface area contributed by atoms with Crippen LogP contribution in [0.3, 0.4) is 0 Å². The molecule has 2 aromatic rings. The van der Waals surface area contributed by atoms with Crippen molar-refractivity contribution in [2.75, 3.05) is 18.0 Å². The lowest BCUT2D eigenvalue weighted by Crippen LogP contribution is -2.26. The Balaban J connectivity index is 1.70. The van der Waals surface area contributed by atoms with Gasteiger partial charge in [-0.2, -0.15) is 5.10 Å². The molecule has 0 spiro atoms. The van der Waals surface area contributed by atoms with E-state index < -0.39 is 0 Å². The van der Waals surface area contributed by atoms with Crippen molar-refractivity contribution in [2.24, 2.45) is 7.05 Å². The second-order valence-corrected chi connectivity index (χ2v) is 5.89. The molecule has 1 unspecified atom stereocenters. The molecule has 22 heavy (non-hydrogen) atoms. The van der Waals surface area contributed by atoms with E-state index in [0.717, 1.165) is 18.7 Å². The molecule has 1 aromatic carbocycles. The number of anilines is 1. The number of hydrogen-bond donors (Lipinski definition) is 1. The van der Waals surface area contributed by atoms with Gasteiger partial charge in [-0.25, -0.2) is 0 Å². The Hall–Kier alpha value is -2.30. The molecule has 1 fully saturated rings. The van der Waals surface area contributed by atoms with Gasteiger partial charge in [-0.1, -0.05) is 12.1 Å². The van der Waals surface area contributed by atoms with E-state index in [1.54, 1.807) is 24.1 Å². The Morgan fingerprint density at radius 3 is 2.77 bits per heavy atom. The van der Waals surface area contributed by atoms with Gasteiger partial charge < -0.3 is 10.2 Å². The predicted octanol–water partition coefficient (Wildman–Crippen LogP) is 2.51. The van der Waals surface area contributed by atoms with Gasteiger partial charge in [0.2, 0.25) is 0 Å². The minimum absolute atomic E-state index is 0.0322. The first-order valence-electron chi connectivity index (χ1n) is 7.78. The molecule has 1 aliphatic heterocycles. The number of carbonyl (C=O) groups is 1. The lowest BCUT2D eigenvalue weighted by molar-refractivity contribution is 0.0940. The molecule has 1 saturated heterocycles. The van der Waals surface area contributed by atoms with Crippen LogP contribution in [0.15, 0.2) is 36.7 Å². The van der Waals surface area contributed by atoms with Crippen LogP contribution in [0, 0.1) is 0 Å². The van der Waals surface area contributed by atoms with E-state index in [2.05, 4.69) is 39.6 Å². The molecule has 0 radical (unpaired) electrons. The van der Waals surface area contributed by atoms with E-state index in [9.17, 15) is 4.79 Å². The minimum atomic E-state index is -0.0906. The molecule has 5 nitrogen and oxygen atoms in total. The Kier molecular flexibility index (Phi) is 4.13. The van der Waals surface area contributed by atoms with Crippen LogP contribution in [-0.4, -0.2) is 28.8 Å². The Morgan fingerprint density at radius 2 is 2.09 bits per heavy atom. The third-order valence-electron chi connectivity index (χ3n) is 4.16. The number of nitrogens with zero attached hydrogens (tertiary/aromatic N) is 3. The van der Waals surface area contributed by atoms with Crippen molar-refractivity contribution < 1.29 is 4.79 Å². The maximum atomic E-state index is 12.2. The van der Waals surface area contributed by atoms with Crippen molar-refractivity contribution in [1.29, 1.82) is 0 Å². The van der Waals surface area contributed by atoms with Gasteiger partial charge in [0, 0.05) is 32.0 Å². The fourth-order valence-electron chi connectivity index (χ4n) is 2.87. The third kappa shape index (κ3) is 3.13. The van der Waals surface area contributed by atoms with Crippen LogP contribution in [0.4, 0.5) is 5.69 Å². The summed E-state index contributed by atoms with van der Waals surface area (Å²) in [6.07, 6.45) is 5.83. The summed E-state index contributed by atoms with van der Waals surface area (Å²) < 4.78 is 1.63. The van der Waals surface area contributed by atoms with Gasteiger partial charge in [-0.05, 0) is 37.5 Å². The fraction of sp³-hybridized carbons (Fsp3) is 0.412. The number of carbonyl (C=O) groups excluding carboxylic acids is 1. The van der Waals surface area contributed by atoms with Crippen molar-refractivity contribution in [3.63, 3.8) is 0 Å². The summed E-state index contributed by atoms with van der Waals surface area (Å²) in [6.45, 7) is 4.26. The van der Waals surface area contributed by atoms with Gasteiger partial charge >= 0.3 is 0 Å². The summed E-state index contributed by atoms with van der Waals surface area (Å²) in [6, 6.07) is 8.42. The van der Waals surface area contributed by atoms with Crippen molar-refractivity contribution >= 4 is 11.6 Å². The maximum absolute atomic E-state index is 12.2. The summed E-state index contributed by atoms with van der Waals surface area (Å²) >= 11 is 0. The zero-order chi connectivity index (χ0) is 15.5. The summed E-state index contributed by atoms with van der Waals surface area (Å²) in [5.41, 5.74) is 2.96. The zero-order valence-corrected chi connectivity index (χ0v) is 13.1. The number of aromatic nitrogens is 2. The van der Waals surface area contributed by atoms with Gasteiger partial charge in [0.25, 0.3) is 5.91 Å². The van der Waals surface area contributed by atoms with Gasteiger partial charge in [-0.15, -0.1) is 0 Å². The van der Waals surface area contributed by atoms with Crippen LogP contribution >= 0.6 is 0 Å². The quantitative estimate of drug-likeness (QED) is 0.943. The molecular weight excluding hydrogens is 276 g/mol. The van der Waals surface area contributed by atoms with Crippen LogP contribution in [0.1, 0.15) is 41.7 Å². The highest BCUT2D eigenvalue weighted by Crippen LogP contribution is 2.24. The number of amides is 1. The Labute approximate surface area is 130 Å². The third-order valence-corrected chi connectivity index (χ3v) is 4.16. The summed E-state index contributed by atoms with van der Waals surface area (Å²) in [5, 5.41) is 7.07. The van der Waals surface area contributed by atoms with Gasteiger partial charge in [0.1, 0.15) is 0 Å². The highest BCUT2D eigenvalue weighted by Gasteiger charge is 2.16. The van der Waals surface area contributed by atoms with Crippen LogP contribution in [0.5, 0.6) is 0 Å². The number of aryl methyl sites for hydroxylation is 1. The van der Waals surface area contributed by atoms with E-state index in [-0.39, 0.29) is 11.9 Å². The summed E-state index contributed by atoms with van der Waals surface area (Å²) in [5.74, 6) is -0.0906. The summed E-state index contributed by atoms with van der Waals surface area (Å²) in [4.78, 5) is 14.6. The molecule has 116 valence electrons. The molecule has 2 heterocycles. The van der Waals surface area contributed by atoms with E-state index in [1.807, 2.05) is 6.92 Å². The van der Waals surface area contributed by atoms with Crippen molar-refractivity contribution in [3.05, 3.63) is 47.8 Å². The average molecular weight is 298 g/mol. The second kappa shape index (κ2) is 6.22. The molecule has 1 aliphatic rings. The molecule has 1 atom stereocenters. The van der Waals surface area contributed by atoms with Crippen LogP contribution in [0.25, 0.3) is 0 Å². The van der Waals surface area contributed by atoms with Gasteiger partial charge in [0.15, 0.2) is 0 Å². The highest BCUT2D eigenvalue weighted by molar-refractivity contribution is 5.93. The molecule has 0 saturated carbocycles. The van der Waals surface area contributed by atoms with Crippen molar-refractivity contribution in [3.8, 4) is 0 Å². The topological polar surface area (TPSA) is 50.2 Å². The van der Waals surface area contributed by atoms with E-state index in [4.69, 9.17) is 0 Å². The van der Waals surface area contributed by atoms with E-state index >= 15 is 0 Å². The highest BCUT2D eigenvalue weighted by atomic mass is 16.1. The Bertz CT molecular complexity index is 658. The lowest BCUT2D eigenvalue weighted by atomic mass is 10.1. The van der Waals surface area contributed by atoms with Crippen LogP contribution < -0.4 is 10.2 Å². The maximum Gasteiger partial charge on any atom is 0.254 e. The van der Waals surface area contributed by atoms with Gasteiger partial charge in [-0.3, -0.25) is 9.48 Å². The first-order valence-corrected chi connectivity index (χ1v) is 7.78. The zero-order valence-electron chi connectivity index (χ0n) is 13.1. The van der Waals surface area contributed by atoms with Crippen LogP contribution in [0.2, 0.25) is 0 Å². The fourth-order valence-corrected chi connectivity index (χ4v) is 2.87. The number of rotatable bonds is 4. The monoisotopic (exact) mass is 298 g/mol. The molecule has 1 amide bonds. The molecular formula is C17H22N4O. The van der Waals surface area contributed by atoms with Gasteiger partial charge in [0.05, 0.1) is 17.8 Å². The smallest absolute Gasteiger partial charge is 0.254 e. The second-order valence-electron chi connectivity index (χ2n) is 5.89. The van der Waals surface area contributed by atoms with E-state index in [0.29, 0.717) is 5.56 Å². The first-order chi connectivity index (χ1) is 10.6. The SMILES string of the molecule is CC(NC(=O)c1cnn(C)c1)c1cccc(N2CCCC2)c1. The molecule has 1 N–H and O–H groups in total. The predicted molar refractivity (Wildman–Crippen MR) is 87.0 cm³/mol. The normalized spacial score (nSPS) is 15.8. The lowest BCUT2D eigenvalue weighted by Gasteiger charge is -2.20. The van der Waals surface area contributed by atoms with Crippen molar-refractivity contribution in [2.45, 2.75) is 25.8 Å². The number of hydrogen-bond acceptors (Lipinski definition) is 3. The molecule has 5 heteroatoms. The molecule has 0 aliphatic carbocycles. The standard InChI is InChI=1S/C17H22N4O/c1-13(19-17(22)15-11-18-20(2)12-15)14-6-5-7-16(10-14)21-8-3-4-9-21/h5-7,10-13H,3-4,8-9H2,1-2H3,(H,19,22). The molecule has 0 bridgehead atoms. The first kappa shape index (κ1) is 14.6. The summed E-state index contributed by atoms with van der Waals surface area (Å²) in [7, 11) is 1.81. The average Bonchev–Trinajstić information content (AvgIpc) is 3.18.